The van der Waals surface area contributed by atoms with Crippen molar-refractivity contribution < 1.29 is 37.3 Å². The summed E-state index contributed by atoms with van der Waals surface area (Å²) >= 11 is 0. The molecule has 0 aromatic heterocycles. The Morgan fingerprint density at radius 3 is 1.39 bits per heavy atom. The van der Waals surface area contributed by atoms with Gasteiger partial charge >= 0.3 is 5.97 Å². The van der Waals surface area contributed by atoms with E-state index in [1.807, 2.05) is 39.4 Å². The highest BCUT2D eigenvalue weighted by molar-refractivity contribution is 7.45. The summed E-state index contributed by atoms with van der Waals surface area (Å²) in [7, 11) is 1.13. The van der Waals surface area contributed by atoms with Crippen molar-refractivity contribution in [3.05, 3.63) is 97.2 Å². The number of carbonyl (C=O) groups is 2. The normalized spacial score (nSPS) is 14.5. The largest absolute Gasteiger partial charge is 0.756 e. The van der Waals surface area contributed by atoms with Gasteiger partial charge in [-0.15, -0.1) is 0 Å². The van der Waals surface area contributed by atoms with E-state index in [1.165, 1.54) is 103 Å². The summed E-state index contributed by atoms with van der Waals surface area (Å²) in [6.07, 6.45) is 68.2. The van der Waals surface area contributed by atoms with Crippen LogP contribution in [-0.2, 0) is 27.9 Å². The van der Waals surface area contributed by atoms with Gasteiger partial charge < -0.3 is 28.5 Å². The first kappa shape index (κ1) is 68.9. The first-order valence-corrected chi connectivity index (χ1v) is 30.5. The molecule has 0 aliphatic rings. The van der Waals surface area contributed by atoms with E-state index in [-0.39, 0.29) is 31.3 Å². The predicted octanol–water partition coefficient (Wildman–Crippen LogP) is 17.0. The van der Waals surface area contributed by atoms with Crippen molar-refractivity contribution in [2.24, 2.45) is 0 Å². The van der Waals surface area contributed by atoms with Crippen molar-refractivity contribution >= 4 is 19.7 Å². The second kappa shape index (κ2) is 51.4. The molecular weight excluding hydrogens is 916 g/mol. The van der Waals surface area contributed by atoms with Gasteiger partial charge in [-0.1, -0.05) is 221 Å². The summed E-state index contributed by atoms with van der Waals surface area (Å²) < 4.78 is 30.2. The molecule has 0 saturated carbocycles. The molecule has 0 aromatic carbocycles. The molecule has 0 fully saturated rings. The topological polar surface area (TPSA) is 114 Å². The highest BCUT2D eigenvalue weighted by atomic mass is 31.2. The third-order valence-corrected chi connectivity index (χ3v) is 13.2. The number of ether oxygens (including phenoxy) is 1. The molecule has 72 heavy (non-hydrogen) atoms. The van der Waals surface area contributed by atoms with Crippen LogP contribution in [0.1, 0.15) is 233 Å². The minimum absolute atomic E-state index is 0.0405. The molecule has 0 spiro atoms. The molecular formula is C62H109N2O7P. The number of esters is 1. The van der Waals surface area contributed by atoms with Crippen LogP contribution in [0.3, 0.4) is 0 Å². The van der Waals surface area contributed by atoms with Crippen LogP contribution in [0.2, 0.25) is 0 Å². The van der Waals surface area contributed by atoms with Gasteiger partial charge in [0.25, 0.3) is 7.82 Å². The zero-order valence-corrected chi connectivity index (χ0v) is 48.0. The third-order valence-electron chi connectivity index (χ3n) is 12.3. The Labute approximate surface area is 443 Å². The number of carbonyl (C=O) groups excluding carboxylic acids is 2. The maximum absolute atomic E-state index is 13.4. The molecule has 414 valence electrons. The maximum atomic E-state index is 13.4. The van der Waals surface area contributed by atoms with Crippen molar-refractivity contribution in [1.29, 1.82) is 0 Å². The average molecular weight is 1030 g/mol. The Morgan fingerprint density at radius 1 is 0.500 bits per heavy atom. The summed E-state index contributed by atoms with van der Waals surface area (Å²) in [5, 5.41) is 2.97. The van der Waals surface area contributed by atoms with E-state index < -0.39 is 26.6 Å². The second-order valence-corrected chi connectivity index (χ2v) is 21.8. The van der Waals surface area contributed by atoms with Crippen LogP contribution >= 0.6 is 7.82 Å². The lowest BCUT2D eigenvalue weighted by molar-refractivity contribution is -0.870. The molecule has 0 aromatic rings. The molecule has 0 aliphatic carbocycles. The Balaban J connectivity index is 5.39. The van der Waals surface area contributed by atoms with Gasteiger partial charge in [-0.05, 0) is 96.0 Å². The number of nitrogens with zero attached hydrogens (tertiary/aromatic N) is 1. The fourth-order valence-electron chi connectivity index (χ4n) is 7.77. The fraction of sp³-hybridized carbons (Fsp3) is 0.710. The summed E-state index contributed by atoms with van der Waals surface area (Å²) in [4.78, 5) is 39.8. The smallest absolute Gasteiger partial charge is 0.306 e. The molecule has 3 atom stereocenters. The van der Waals surface area contributed by atoms with Gasteiger partial charge in [0.2, 0.25) is 5.91 Å². The zero-order chi connectivity index (χ0) is 52.9. The summed E-state index contributed by atoms with van der Waals surface area (Å²) in [6.45, 7) is 6.62. The predicted molar refractivity (Wildman–Crippen MR) is 307 cm³/mol. The van der Waals surface area contributed by atoms with Crippen LogP contribution in [0.4, 0.5) is 0 Å². The molecule has 0 aliphatic heterocycles. The Hall–Kier alpha value is -3.07. The Morgan fingerprint density at radius 2 is 0.903 bits per heavy atom. The maximum Gasteiger partial charge on any atom is 0.306 e. The first-order chi connectivity index (χ1) is 34.9. The number of nitrogens with one attached hydrogen (secondary N) is 1. The van der Waals surface area contributed by atoms with Gasteiger partial charge in [0, 0.05) is 12.8 Å². The van der Waals surface area contributed by atoms with Crippen LogP contribution in [0.15, 0.2) is 97.2 Å². The van der Waals surface area contributed by atoms with Gasteiger partial charge in [-0.2, -0.15) is 0 Å². The molecule has 0 radical (unpaired) electrons. The number of hydrogen-bond donors (Lipinski definition) is 1. The first-order valence-electron chi connectivity index (χ1n) is 29.0. The van der Waals surface area contributed by atoms with E-state index in [0.717, 1.165) is 83.5 Å². The minimum atomic E-state index is -4.72. The molecule has 0 bridgehead atoms. The van der Waals surface area contributed by atoms with Crippen LogP contribution in [0, 0.1) is 0 Å². The van der Waals surface area contributed by atoms with Crippen molar-refractivity contribution in [2.45, 2.75) is 245 Å². The van der Waals surface area contributed by atoms with Crippen LogP contribution in [0.25, 0.3) is 0 Å². The number of allylic oxidation sites excluding steroid dienone is 15. The van der Waals surface area contributed by atoms with Gasteiger partial charge in [0.15, 0.2) is 0 Å². The van der Waals surface area contributed by atoms with Gasteiger partial charge in [0.1, 0.15) is 19.3 Å². The molecule has 1 amide bonds. The highest BCUT2D eigenvalue weighted by Gasteiger charge is 2.27. The summed E-state index contributed by atoms with van der Waals surface area (Å²) in [5.74, 6) is -0.648. The number of phosphoric ester groups is 1. The van der Waals surface area contributed by atoms with Crippen LogP contribution < -0.4 is 10.2 Å². The highest BCUT2D eigenvalue weighted by Crippen LogP contribution is 2.38. The molecule has 1 N–H and O–H groups in total. The average Bonchev–Trinajstić information content (AvgIpc) is 3.34. The van der Waals surface area contributed by atoms with Gasteiger partial charge in [0.05, 0.1) is 33.8 Å². The Bertz CT molecular complexity index is 1560. The number of quaternary nitrogens is 1. The summed E-state index contributed by atoms with van der Waals surface area (Å²) in [6, 6.07) is -0.934. The number of hydrogen-bond acceptors (Lipinski definition) is 7. The lowest BCUT2D eigenvalue weighted by Crippen LogP contribution is -2.47. The number of unbranched alkanes of at least 4 members (excludes halogenated alkanes) is 21. The second-order valence-electron chi connectivity index (χ2n) is 20.4. The van der Waals surface area contributed by atoms with Gasteiger partial charge in [-0.25, -0.2) is 0 Å². The lowest BCUT2D eigenvalue weighted by atomic mass is 10.1. The third kappa shape index (κ3) is 51.8. The van der Waals surface area contributed by atoms with E-state index in [2.05, 4.69) is 99.0 Å². The van der Waals surface area contributed by atoms with Crippen LogP contribution in [0.5, 0.6) is 0 Å². The van der Waals surface area contributed by atoms with Crippen molar-refractivity contribution in [1.82, 2.24) is 5.32 Å². The molecule has 0 rings (SSSR count). The van der Waals surface area contributed by atoms with Crippen molar-refractivity contribution in [2.75, 3.05) is 40.9 Å². The summed E-state index contributed by atoms with van der Waals surface area (Å²) in [5.41, 5.74) is 0. The number of rotatable bonds is 51. The standard InChI is InChI=1S/C62H109N2O7P/c1-7-10-13-16-19-22-25-27-29-31-32-33-35-37-40-43-46-49-52-55-62(66)71-60(53-50-47-44-41-38-24-21-18-15-12-9-3)59(58-70-72(67,68)69-57-56-64(4,5)6)63-61(65)54-51-48-45-42-39-36-34-30-28-26-23-20-17-14-11-8-2/h11,14,19-20,22-23,27-30,36,39,45,48,50,53,59-60H,7-10,12-13,15-18,21,24-26,31-35,37-38,40-44,46-47,49,51-52,54-58H2,1-6H3,(H-,63,65,67,68)/b14-11+,22-19-,23-20+,29-27-,30-28+,39-36+,48-45+,53-50+. The molecule has 10 heteroatoms. The lowest BCUT2D eigenvalue weighted by Gasteiger charge is -2.30. The van der Waals surface area contributed by atoms with E-state index in [9.17, 15) is 19.0 Å². The van der Waals surface area contributed by atoms with Crippen molar-refractivity contribution in [3.63, 3.8) is 0 Å². The van der Waals surface area contributed by atoms with E-state index in [0.29, 0.717) is 23.9 Å². The SMILES string of the molecule is CC/C=C/C/C=C/C/C=C/C/C=C/C/C=C/CCC(=O)NC(COP(=O)([O-])OCC[N+](C)(C)C)C(/C=C/CCCCCCCCCCC)OC(=O)CCCCCCCCCCC/C=C\C/C=C\CCCCC. The molecule has 0 saturated heterocycles. The Kier molecular flexibility index (Phi) is 49.2. The van der Waals surface area contributed by atoms with Crippen LogP contribution in [-0.4, -0.2) is 69.4 Å². The molecule has 9 nitrogen and oxygen atoms in total. The molecule has 0 heterocycles. The fourth-order valence-corrected chi connectivity index (χ4v) is 8.50. The van der Waals surface area contributed by atoms with Gasteiger partial charge in [-0.3, -0.25) is 14.2 Å². The number of likely N-dealkylation sites (N-methyl/N-ethyl adjacent to an activating group) is 1. The quantitative estimate of drug-likeness (QED) is 0.0212. The zero-order valence-electron chi connectivity index (χ0n) is 47.1. The van der Waals surface area contributed by atoms with E-state index in [4.69, 9.17) is 13.8 Å². The number of phosphoric acid groups is 1. The van der Waals surface area contributed by atoms with Crippen molar-refractivity contribution in [3.8, 4) is 0 Å². The van der Waals surface area contributed by atoms with E-state index >= 15 is 0 Å². The monoisotopic (exact) mass is 1020 g/mol. The minimum Gasteiger partial charge on any atom is -0.756 e. The van der Waals surface area contributed by atoms with E-state index in [1.54, 1.807) is 6.08 Å². The molecule has 3 unspecified atom stereocenters. The number of amides is 1.